The molecular weight excluding hydrogens is 244 g/mol. The van der Waals surface area contributed by atoms with Crippen LogP contribution < -0.4 is 0 Å². The van der Waals surface area contributed by atoms with Crippen LogP contribution in [0.15, 0.2) is 0 Å². The molecule has 0 saturated heterocycles. The van der Waals surface area contributed by atoms with E-state index < -0.39 is 0 Å². The highest BCUT2D eigenvalue weighted by atomic mass is 16.5. The zero-order valence-electron chi connectivity index (χ0n) is 14.6. The van der Waals surface area contributed by atoms with Crippen LogP contribution in [0.1, 0.15) is 111 Å². The maximum atomic E-state index is 5.83. The van der Waals surface area contributed by atoms with Gasteiger partial charge in [-0.15, -0.1) is 0 Å². The lowest BCUT2D eigenvalue weighted by atomic mass is 10.0. The quantitative estimate of drug-likeness (QED) is 0.280. The lowest BCUT2D eigenvalue weighted by molar-refractivity contribution is 0.0436. The summed E-state index contributed by atoms with van der Waals surface area (Å²) in [6, 6.07) is 0. The van der Waals surface area contributed by atoms with Gasteiger partial charge in [0.25, 0.3) is 0 Å². The van der Waals surface area contributed by atoms with Crippen LogP contribution in [0.25, 0.3) is 0 Å². The molecule has 0 aromatic rings. The molecular formula is C19H40O. The van der Waals surface area contributed by atoms with E-state index in [9.17, 15) is 0 Å². The van der Waals surface area contributed by atoms with E-state index >= 15 is 0 Å². The molecule has 0 fully saturated rings. The van der Waals surface area contributed by atoms with E-state index in [1.807, 2.05) is 0 Å². The maximum Gasteiger partial charge on any atom is 0.0572 e. The van der Waals surface area contributed by atoms with E-state index in [4.69, 9.17) is 4.74 Å². The Balaban J connectivity index is 3.15. The maximum absolute atomic E-state index is 5.83. The number of unbranched alkanes of at least 4 members (excludes halogenated alkanes) is 10. The fraction of sp³-hybridized carbons (Fsp3) is 1.00. The summed E-state index contributed by atoms with van der Waals surface area (Å²) in [7, 11) is 0. The Bertz CT molecular complexity index is 167. The van der Waals surface area contributed by atoms with Crippen LogP contribution >= 0.6 is 0 Å². The largest absolute Gasteiger partial charge is 0.378 e. The third-order valence-corrected chi connectivity index (χ3v) is 4.14. The van der Waals surface area contributed by atoms with Crippen molar-refractivity contribution in [3.8, 4) is 0 Å². The minimum atomic E-state index is 0.522. The first-order valence-electron chi connectivity index (χ1n) is 9.46. The second-order valence-electron chi connectivity index (χ2n) is 6.23. The number of rotatable bonds is 16. The van der Waals surface area contributed by atoms with E-state index in [1.54, 1.807) is 0 Å². The zero-order valence-corrected chi connectivity index (χ0v) is 14.6. The monoisotopic (exact) mass is 284 g/mol. The van der Waals surface area contributed by atoms with Gasteiger partial charge in [-0.25, -0.2) is 0 Å². The molecule has 1 unspecified atom stereocenters. The molecule has 0 amide bonds. The molecule has 0 N–H and O–H groups in total. The lowest BCUT2D eigenvalue weighted by Crippen LogP contribution is -2.12. The average Bonchev–Trinajstić information content (AvgIpc) is 2.48. The van der Waals surface area contributed by atoms with Crippen molar-refractivity contribution in [2.45, 2.75) is 117 Å². The third-order valence-electron chi connectivity index (χ3n) is 4.14. The summed E-state index contributed by atoms with van der Waals surface area (Å²) >= 11 is 0. The van der Waals surface area contributed by atoms with Crippen molar-refractivity contribution in [3.63, 3.8) is 0 Å². The molecule has 20 heavy (non-hydrogen) atoms. The number of hydrogen-bond donors (Lipinski definition) is 0. The van der Waals surface area contributed by atoms with Crippen molar-refractivity contribution < 1.29 is 4.74 Å². The normalized spacial score (nSPS) is 12.8. The Labute approximate surface area is 128 Å². The molecule has 0 aliphatic carbocycles. The molecule has 0 rings (SSSR count). The molecule has 0 bridgehead atoms. The van der Waals surface area contributed by atoms with Gasteiger partial charge in [-0.05, 0) is 19.3 Å². The van der Waals surface area contributed by atoms with Crippen LogP contribution in [-0.4, -0.2) is 12.7 Å². The summed E-state index contributed by atoms with van der Waals surface area (Å²) in [6.07, 6.45) is 19.8. The van der Waals surface area contributed by atoms with E-state index in [1.165, 1.54) is 83.5 Å². The Morgan fingerprint density at radius 2 is 1.10 bits per heavy atom. The van der Waals surface area contributed by atoms with Gasteiger partial charge in [0.1, 0.15) is 0 Å². The SMILES string of the molecule is CCCCCCCCCCCCCC(CC)OCCC. The molecule has 0 radical (unpaired) electrons. The van der Waals surface area contributed by atoms with Crippen LogP contribution in [0.5, 0.6) is 0 Å². The second kappa shape index (κ2) is 17.0. The molecule has 0 aromatic carbocycles. The van der Waals surface area contributed by atoms with Gasteiger partial charge >= 0.3 is 0 Å². The second-order valence-corrected chi connectivity index (χ2v) is 6.23. The van der Waals surface area contributed by atoms with Crippen molar-refractivity contribution in [3.05, 3.63) is 0 Å². The Kier molecular flexibility index (Phi) is 17.0. The van der Waals surface area contributed by atoms with Crippen LogP contribution in [0.2, 0.25) is 0 Å². The standard InChI is InChI=1S/C19H40O/c1-4-7-8-9-10-11-12-13-14-15-16-17-19(6-3)20-18-5-2/h19H,4-18H2,1-3H3. The molecule has 1 nitrogen and oxygen atoms in total. The third kappa shape index (κ3) is 14.4. The first kappa shape index (κ1) is 20.0. The van der Waals surface area contributed by atoms with Crippen LogP contribution in [0, 0.1) is 0 Å². The van der Waals surface area contributed by atoms with Crippen molar-refractivity contribution in [1.82, 2.24) is 0 Å². The fourth-order valence-electron chi connectivity index (χ4n) is 2.73. The Morgan fingerprint density at radius 3 is 1.55 bits per heavy atom. The molecule has 0 aliphatic heterocycles. The van der Waals surface area contributed by atoms with E-state index in [-0.39, 0.29) is 0 Å². The van der Waals surface area contributed by atoms with Crippen LogP contribution in [0.4, 0.5) is 0 Å². The van der Waals surface area contributed by atoms with Crippen molar-refractivity contribution in [1.29, 1.82) is 0 Å². The highest BCUT2D eigenvalue weighted by Gasteiger charge is 2.05. The van der Waals surface area contributed by atoms with Gasteiger partial charge in [0.15, 0.2) is 0 Å². The van der Waals surface area contributed by atoms with E-state index in [0.29, 0.717) is 6.10 Å². The molecule has 0 aliphatic rings. The van der Waals surface area contributed by atoms with Gasteiger partial charge in [0, 0.05) is 6.61 Å². The molecule has 122 valence electrons. The van der Waals surface area contributed by atoms with Crippen molar-refractivity contribution in [2.24, 2.45) is 0 Å². The Hall–Kier alpha value is -0.0400. The van der Waals surface area contributed by atoms with Crippen molar-refractivity contribution >= 4 is 0 Å². The smallest absolute Gasteiger partial charge is 0.0572 e. The van der Waals surface area contributed by atoms with E-state index in [0.717, 1.165) is 13.0 Å². The summed E-state index contributed by atoms with van der Waals surface area (Å²) in [5.74, 6) is 0. The molecule has 0 spiro atoms. The highest BCUT2D eigenvalue weighted by molar-refractivity contribution is 4.56. The minimum absolute atomic E-state index is 0.522. The molecule has 0 saturated carbocycles. The first-order valence-corrected chi connectivity index (χ1v) is 9.46. The van der Waals surface area contributed by atoms with Gasteiger partial charge in [-0.2, -0.15) is 0 Å². The minimum Gasteiger partial charge on any atom is -0.378 e. The van der Waals surface area contributed by atoms with Gasteiger partial charge in [0.2, 0.25) is 0 Å². The zero-order chi connectivity index (χ0) is 14.9. The summed E-state index contributed by atoms with van der Waals surface area (Å²) < 4.78 is 5.83. The van der Waals surface area contributed by atoms with Gasteiger partial charge < -0.3 is 4.74 Å². The first-order chi connectivity index (χ1) is 9.85. The summed E-state index contributed by atoms with van der Waals surface area (Å²) in [6.45, 7) is 7.67. The molecule has 0 heterocycles. The molecule has 1 atom stereocenters. The number of ether oxygens (including phenoxy) is 1. The molecule has 0 aromatic heterocycles. The predicted octanol–water partition coefficient (Wildman–Crippen LogP) is 6.89. The highest BCUT2D eigenvalue weighted by Crippen LogP contribution is 2.14. The van der Waals surface area contributed by atoms with Gasteiger partial charge in [-0.3, -0.25) is 0 Å². The van der Waals surface area contributed by atoms with Crippen molar-refractivity contribution in [2.75, 3.05) is 6.61 Å². The predicted molar refractivity (Wildman–Crippen MR) is 91.4 cm³/mol. The molecule has 1 heteroatoms. The Morgan fingerprint density at radius 1 is 0.600 bits per heavy atom. The number of hydrogen-bond acceptors (Lipinski definition) is 1. The van der Waals surface area contributed by atoms with Gasteiger partial charge in [0.05, 0.1) is 6.10 Å². The summed E-state index contributed by atoms with van der Waals surface area (Å²) in [4.78, 5) is 0. The van der Waals surface area contributed by atoms with Gasteiger partial charge in [-0.1, -0.05) is 91.4 Å². The summed E-state index contributed by atoms with van der Waals surface area (Å²) in [5.41, 5.74) is 0. The average molecular weight is 285 g/mol. The fourth-order valence-corrected chi connectivity index (χ4v) is 2.73. The topological polar surface area (TPSA) is 9.23 Å². The summed E-state index contributed by atoms with van der Waals surface area (Å²) in [5, 5.41) is 0. The van der Waals surface area contributed by atoms with Crippen LogP contribution in [0.3, 0.4) is 0 Å². The van der Waals surface area contributed by atoms with E-state index in [2.05, 4.69) is 20.8 Å². The van der Waals surface area contributed by atoms with Crippen LogP contribution in [-0.2, 0) is 4.74 Å². The lowest BCUT2D eigenvalue weighted by Gasteiger charge is -2.15.